The Bertz CT molecular complexity index is 536. The predicted octanol–water partition coefficient (Wildman–Crippen LogP) is 3.45. The molecule has 4 heteroatoms. The second kappa shape index (κ2) is 5.67. The van der Waals surface area contributed by atoms with Crippen molar-refractivity contribution >= 4 is 15.9 Å². The van der Waals surface area contributed by atoms with Crippen LogP contribution in [-0.2, 0) is 6.54 Å². The van der Waals surface area contributed by atoms with Crippen LogP contribution in [-0.4, -0.2) is 14.9 Å². The van der Waals surface area contributed by atoms with Gasteiger partial charge in [-0.25, -0.2) is 0 Å². The van der Waals surface area contributed by atoms with E-state index in [1.54, 1.807) is 6.20 Å². The zero-order valence-electron chi connectivity index (χ0n) is 10.6. The third-order valence-corrected chi connectivity index (χ3v) is 3.93. The minimum atomic E-state index is -0.628. The van der Waals surface area contributed by atoms with Gasteiger partial charge in [-0.15, -0.1) is 0 Å². The van der Waals surface area contributed by atoms with Gasteiger partial charge in [-0.2, -0.15) is 5.10 Å². The molecule has 1 N–H and O–H groups in total. The summed E-state index contributed by atoms with van der Waals surface area (Å²) in [5.41, 5.74) is 2.83. The van der Waals surface area contributed by atoms with Crippen molar-refractivity contribution < 1.29 is 5.11 Å². The van der Waals surface area contributed by atoms with Crippen LogP contribution in [0.1, 0.15) is 36.3 Å². The van der Waals surface area contributed by atoms with E-state index in [2.05, 4.69) is 28.0 Å². The lowest BCUT2D eigenvalue weighted by Gasteiger charge is -2.16. The van der Waals surface area contributed by atoms with Crippen LogP contribution in [0, 0.1) is 6.92 Å². The minimum Gasteiger partial charge on any atom is -0.382 e. The number of benzene rings is 1. The van der Waals surface area contributed by atoms with Crippen molar-refractivity contribution in [2.45, 2.75) is 32.9 Å². The summed E-state index contributed by atoms with van der Waals surface area (Å²) >= 11 is 3.49. The molecule has 1 heterocycles. The Labute approximate surface area is 116 Å². The van der Waals surface area contributed by atoms with Crippen molar-refractivity contribution in [2.75, 3.05) is 0 Å². The number of halogens is 1. The van der Waals surface area contributed by atoms with Gasteiger partial charge in [-0.3, -0.25) is 4.68 Å². The van der Waals surface area contributed by atoms with Gasteiger partial charge >= 0.3 is 0 Å². The standard InChI is InChI=1S/C14H17BrN2O/c1-3-9-17-13(7-8-16-17)14(18)11-5-4-6-12(15)10(11)2/h4-8,14,18H,3,9H2,1-2H3. The fraction of sp³-hybridized carbons (Fsp3) is 0.357. The van der Waals surface area contributed by atoms with Gasteiger partial charge < -0.3 is 5.11 Å². The Kier molecular flexibility index (Phi) is 4.19. The summed E-state index contributed by atoms with van der Waals surface area (Å²) in [5, 5.41) is 14.8. The highest BCUT2D eigenvalue weighted by Gasteiger charge is 2.17. The second-order valence-electron chi connectivity index (χ2n) is 4.34. The van der Waals surface area contributed by atoms with Crippen LogP contribution in [0.5, 0.6) is 0 Å². The molecule has 1 atom stereocenters. The molecular weight excluding hydrogens is 292 g/mol. The molecule has 2 rings (SSSR count). The van der Waals surface area contributed by atoms with Crippen LogP contribution in [0.15, 0.2) is 34.9 Å². The fourth-order valence-electron chi connectivity index (χ4n) is 2.05. The van der Waals surface area contributed by atoms with Crippen molar-refractivity contribution in [3.8, 4) is 0 Å². The van der Waals surface area contributed by atoms with Crippen LogP contribution < -0.4 is 0 Å². The molecule has 96 valence electrons. The number of hydrogen-bond acceptors (Lipinski definition) is 2. The first kappa shape index (κ1) is 13.3. The number of aromatic nitrogens is 2. The first-order chi connectivity index (χ1) is 8.65. The highest BCUT2D eigenvalue weighted by Crippen LogP contribution is 2.28. The number of aryl methyl sites for hydroxylation is 1. The van der Waals surface area contributed by atoms with E-state index in [4.69, 9.17) is 0 Å². The lowest BCUT2D eigenvalue weighted by molar-refractivity contribution is 0.206. The number of aliphatic hydroxyl groups excluding tert-OH is 1. The van der Waals surface area contributed by atoms with Gasteiger partial charge in [0.25, 0.3) is 0 Å². The van der Waals surface area contributed by atoms with Gasteiger partial charge in [0.05, 0.1) is 5.69 Å². The monoisotopic (exact) mass is 308 g/mol. The molecule has 3 nitrogen and oxygen atoms in total. The number of hydrogen-bond donors (Lipinski definition) is 1. The van der Waals surface area contributed by atoms with Crippen molar-refractivity contribution in [2.24, 2.45) is 0 Å². The maximum Gasteiger partial charge on any atom is 0.121 e. The molecule has 0 spiro atoms. The van der Waals surface area contributed by atoms with Crippen molar-refractivity contribution in [1.82, 2.24) is 9.78 Å². The number of rotatable bonds is 4. The molecule has 0 bridgehead atoms. The highest BCUT2D eigenvalue weighted by atomic mass is 79.9. The smallest absolute Gasteiger partial charge is 0.121 e. The SMILES string of the molecule is CCCn1nccc1C(O)c1cccc(Br)c1C. The number of aliphatic hydroxyl groups is 1. The third-order valence-electron chi connectivity index (χ3n) is 3.07. The Morgan fingerprint density at radius 1 is 1.39 bits per heavy atom. The van der Waals surface area contributed by atoms with Crippen LogP contribution in [0.3, 0.4) is 0 Å². The average molecular weight is 309 g/mol. The van der Waals surface area contributed by atoms with Gasteiger partial charge in [0.1, 0.15) is 6.10 Å². The Morgan fingerprint density at radius 3 is 2.89 bits per heavy atom. The summed E-state index contributed by atoms with van der Waals surface area (Å²) in [6, 6.07) is 7.75. The molecule has 1 aromatic carbocycles. The summed E-state index contributed by atoms with van der Waals surface area (Å²) in [6.07, 6.45) is 2.11. The lowest BCUT2D eigenvalue weighted by atomic mass is 10.0. The molecule has 18 heavy (non-hydrogen) atoms. The molecule has 0 radical (unpaired) electrons. The first-order valence-electron chi connectivity index (χ1n) is 6.10. The summed E-state index contributed by atoms with van der Waals surface area (Å²) in [4.78, 5) is 0. The average Bonchev–Trinajstić information content (AvgIpc) is 2.80. The Morgan fingerprint density at radius 2 is 2.17 bits per heavy atom. The van der Waals surface area contributed by atoms with Gasteiger partial charge in [0.15, 0.2) is 0 Å². The van der Waals surface area contributed by atoms with Crippen LogP contribution in [0.4, 0.5) is 0 Å². The van der Waals surface area contributed by atoms with Crippen molar-refractivity contribution in [1.29, 1.82) is 0 Å². The molecule has 0 saturated heterocycles. The molecule has 0 aliphatic heterocycles. The van der Waals surface area contributed by atoms with E-state index in [9.17, 15) is 5.11 Å². The summed E-state index contributed by atoms with van der Waals surface area (Å²) < 4.78 is 2.88. The molecule has 0 fully saturated rings. The zero-order chi connectivity index (χ0) is 13.1. The van der Waals surface area contributed by atoms with Gasteiger partial charge in [0, 0.05) is 17.2 Å². The Balaban J connectivity index is 2.38. The van der Waals surface area contributed by atoms with Crippen molar-refractivity contribution in [3.63, 3.8) is 0 Å². The molecule has 0 amide bonds. The maximum absolute atomic E-state index is 10.5. The predicted molar refractivity (Wildman–Crippen MR) is 75.5 cm³/mol. The normalized spacial score (nSPS) is 12.7. The van der Waals surface area contributed by atoms with E-state index in [1.807, 2.05) is 35.9 Å². The van der Waals surface area contributed by atoms with Gasteiger partial charge in [-0.1, -0.05) is 35.0 Å². The summed E-state index contributed by atoms with van der Waals surface area (Å²) in [5.74, 6) is 0. The van der Waals surface area contributed by atoms with E-state index in [0.717, 1.165) is 34.3 Å². The van der Waals surface area contributed by atoms with E-state index in [-0.39, 0.29) is 0 Å². The fourth-order valence-corrected chi connectivity index (χ4v) is 2.44. The van der Waals surface area contributed by atoms with Gasteiger partial charge in [0.2, 0.25) is 0 Å². The van der Waals surface area contributed by atoms with E-state index in [0.29, 0.717) is 0 Å². The summed E-state index contributed by atoms with van der Waals surface area (Å²) in [7, 11) is 0. The Hall–Kier alpha value is -1.13. The largest absolute Gasteiger partial charge is 0.382 e. The molecule has 0 aliphatic rings. The van der Waals surface area contributed by atoms with E-state index >= 15 is 0 Å². The maximum atomic E-state index is 10.5. The van der Waals surface area contributed by atoms with Gasteiger partial charge in [-0.05, 0) is 36.6 Å². The molecule has 0 aliphatic carbocycles. The molecule has 1 aromatic heterocycles. The lowest BCUT2D eigenvalue weighted by Crippen LogP contribution is -2.11. The second-order valence-corrected chi connectivity index (χ2v) is 5.19. The van der Waals surface area contributed by atoms with Crippen molar-refractivity contribution in [3.05, 3.63) is 51.8 Å². The quantitative estimate of drug-likeness (QED) is 0.939. The molecule has 1 unspecified atom stereocenters. The van der Waals surface area contributed by atoms with Crippen LogP contribution in [0.2, 0.25) is 0 Å². The van der Waals surface area contributed by atoms with E-state index < -0.39 is 6.10 Å². The van der Waals surface area contributed by atoms with Crippen LogP contribution >= 0.6 is 15.9 Å². The topological polar surface area (TPSA) is 38.0 Å². The van der Waals surface area contributed by atoms with E-state index in [1.165, 1.54) is 0 Å². The third kappa shape index (κ3) is 2.49. The minimum absolute atomic E-state index is 0.628. The first-order valence-corrected chi connectivity index (χ1v) is 6.89. The molecule has 2 aromatic rings. The zero-order valence-corrected chi connectivity index (χ0v) is 12.2. The highest BCUT2D eigenvalue weighted by molar-refractivity contribution is 9.10. The van der Waals surface area contributed by atoms with Crippen LogP contribution in [0.25, 0.3) is 0 Å². The molecular formula is C14H17BrN2O. The summed E-state index contributed by atoms with van der Waals surface area (Å²) in [6.45, 7) is 4.93. The number of nitrogens with zero attached hydrogens (tertiary/aromatic N) is 2. The molecule has 0 saturated carbocycles.